The molecule has 5 nitrogen and oxygen atoms in total. The fraction of sp³-hybridized carbons (Fsp3) is 0.222. The number of aromatic hydroxyl groups is 1. The largest absolute Gasteiger partial charge is 0.507 e. The van der Waals surface area contributed by atoms with E-state index in [1.807, 2.05) is 49.4 Å². The Balaban J connectivity index is 1.34. The maximum absolute atomic E-state index is 13.0. The van der Waals surface area contributed by atoms with E-state index in [0.717, 1.165) is 48.0 Å². The standard InChI is InChI=1S/C27H25ClN2O3/c1-18-5-2-3-6-19(18)15-25-26(32)22-9-10-24(31)23(27(22)33-25)17-29-11-13-30(14-12-29)21-8-4-7-20(28)16-21/h2-10,15-16,31H,11-14,17H2,1H3/b25-15-. The van der Waals surface area contributed by atoms with Crippen LogP contribution in [0.1, 0.15) is 27.0 Å². The number of benzene rings is 3. The van der Waals surface area contributed by atoms with E-state index in [9.17, 15) is 9.90 Å². The van der Waals surface area contributed by atoms with E-state index in [0.29, 0.717) is 23.4 Å². The molecule has 1 fully saturated rings. The zero-order chi connectivity index (χ0) is 22.9. The third-order valence-corrected chi connectivity index (χ3v) is 6.55. The lowest BCUT2D eigenvalue weighted by molar-refractivity contribution is 0.101. The van der Waals surface area contributed by atoms with Crippen LogP contribution in [0.15, 0.2) is 66.4 Å². The van der Waals surface area contributed by atoms with Crippen molar-refractivity contribution in [1.29, 1.82) is 0 Å². The van der Waals surface area contributed by atoms with Crippen LogP contribution in [0.5, 0.6) is 11.5 Å². The molecule has 2 aliphatic heterocycles. The van der Waals surface area contributed by atoms with Gasteiger partial charge in [-0.05, 0) is 54.5 Å². The second-order valence-electron chi connectivity index (χ2n) is 8.48. The molecule has 0 atom stereocenters. The molecule has 0 saturated carbocycles. The molecule has 0 aliphatic carbocycles. The maximum Gasteiger partial charge on any atom is 0.231 e. The summed E-state index contributed by atoms with van der Waals surface area (Å²) in [6.45, 7) is 5.89. The molecule has 6 heteroatoms. The number of hydrogen-bond donors (Lipinski definition) is 1. The molecule has 0 spiro atoms. The van der Waals surface area contributed by atoms with Crippen LogP contribution in [0.25, 0.3) is 6.08 Å². The molecule has 3 aromatic rings. The van der Waals surface area contributed by atoms with E-state index in [-0.39, 0.29) is 17.3 Å². The summed E-state index contributed by atoms with van der Waals surface area (Å²) in [5.41, 5.74) is 4.28. The van der Waals surface area contributed by atoms with Crippen LogP contribution in [0, 0.1) is 6.92 Å². The molecule has 2 heterocycles. The lowest BCUT2D eigenvalue weighted by Gasteiger charge is -2.36. The number of anilines is 1. The third kappa shape index (κ3) is 4.34. The smallest absolute Gasteiger partial charge is 0.231 e. The van der Waals surface area contributed by atoms with Gasteiger partial charge >= 0.3 is 0 Å². The summed E-state index contributed by atoms with van der Waals surface area (Å²) in [5, 5.41) is 11.3. The number of rotatable bonds is 4. The average Bonchev–Trinajstić information content (AvgIpc) is 3.13. The van der Waals surface area contributed by atoms with Crippen molar-refractivity contribution in [3.8, 4) is 11.5 Å². The first kappa shape index (κ1) is 21.6. The van der Waals surface area contributed by atoms with Gasteiger partial charge in [0.15, 0.2) is 5.76 Å². The van der Waals surface area contributed by atoms with Gasteiger partial charge in [-0.1, -0.05) is 41.9 Å². The first-order chi connectivity index (χ1) is 16.0. The molecule has 2 aliphatic rings. The van der Waals surface area contributed by atoms with Gasteiger partial charge in [0.25, 0.3) is 0 Å². The van der Waals surface area contributed by atoms with E-state index in [1.165, 1.54) is 0 Å². The van der Waals surface area contributed by atoms with E-state index >= 15 is 0 Å². The minimum atomic E-state index is -0.153. The fourth-order valence-electron chi connectivity index (χ4n) is 4.40. The van der Waals surface area contributed by atoms with Crippen LogP contribution >= 0.6 is 11.6 Å². The maximum atomic E-state index is 13.0. The van der Waals surface area contributed by atoms with Gasteiger partial charge in [0.2, 0.25) is 5.78 Å². The lowest BCUT2D eigenvalue weighted by atomic mass is 10.0. The number of Topliss-reactive ketones (excluding diaryl/α,β-unsaturated/α-hetero) is 1. The Morgan fingerprint density at radius 1 is 1.03 bits per heavy atom. The van der Waals surface area contributed by atoms with Crippen LogP contribution in [0.4, 0.5) is 5.69 Å². The number of ketones is 1. The number of allylic oxidation sites excluding steroid dienone is 1. The quantitative estimate of drug-likeness (QED) is 0.536. The molecular weight excluding hydrogens is 436 g/mol. The Kier molecular flexibility index (Phi) is 5.83. The van der Waals surface area contributed by atoms with Crippen molar-refractivity contribution in [2.45, 2.75) is 13.5 Å². The number of fused-ring (bicyclic) bond motifs is 1. The summed E-state index contributed by atoms with van der Waals surface area (Å²) in [6, 6.07) is 19.0. The van der Waals surface area contributed by atoms with Crippen LogP contribution < -0.4 is 9.64 Å². The predicted octanol–water partition coefficient (Wildman–Crippen LogP) is 5.29. The summed E-state index contributed by atoms with van der Waals surface area (Å²) >= 11 is 6.14. The number of hydrogen-bond acceptors (Lipinski definition) is 5. The normalized spacial score (nSPS) is 17.3. The first-order valence-electron chi connectivity index (χ1n) is 11.1. The van der Waals surface area contributed by atoms with Crippen molar-refractivity contribution in [3.63, 3.8) is 0 Å². The number of phenolic OH excluding ortho intramolecular Hbond substituents is 1. The molecule has 3 aromatic carbocycles. The second kappa shape index (κ2) is 8.93. The highest BCUT2D eigenvalue weighted by atomic mass is 35.5. The number of carbonyl (C=O) groups is 1. The van der Waals surface area contributed by atoms with Crippen molar-refractivity contribution in [2.24, 2.45) is 0 Å². The molecule has 5 rings (SSSR count). The lowest BCUT2D eigenvalue weighted by Crippen LogP contribution is -2.46. The molecule has 168 valence electrons. The average molecular weight is 461 g/mol. The topological polar surface area (TPSA) is 53.0 Å². The molecule has 33 heavy (non-hydrogen) atoms. The number of aryl methyl sites for hydroxylation is 1. The van der Waals surface area contributed by atoms with Crippen molar-refractivity contribution in [3.05, 3.63) is 93.7 Å². The van der Waals surface area contributed by atoms with Crippen LogP contribution in [0.2, 0.25) is 5.02 Å². The van der Waals surface area contributed by atoms with E-state index in [4.69, 9.17) is 16.3 Å². The number of piperazine rings is 1. The monoisotopic (exact) mass is 460 g/mol. The third-order valence-electron chi connectivity index (χ3n) is 6.32. The molecule has 0 aromatic heterocycles. The molecule has 0 radical (unpaired) electrons. The van der Waals surface area contributed by atoms with Crippen LogP contribution in [-0.2, 0) is 6.54 Å². The van der Waals surface area contributed by atoms with Crippen LogP contribution in [0.3, 0.4) is 0 Å². The number of nitrogens with zero attached hydrogens (tertiary/aromatic N) is 2. The summed E-state index contributed by atoms with van der Waals surface area (Å²) < 4.78 is 6.04. The highest BCUT2D eigenvalue weighted by molar-refractivity contribution is 6.30. The number of halogens is 1. The molecule has 0 unspecified atom stereocenters. The molecular formula is C27H25ClN2O3. The van der Waals surface area contributed by atoms with Crippen molar-refractivity contribution in [1.82, 2.24) is 4.90 Å². The highest BCUT2D eigenvalue weighted by Crippen LogP contribution is 2.40. The van der Waals surface area contributed by atoms with Gasteiger partial charge in [-0.25, -0.2) is 0 Å². The van der Waals surface area contributed by atoms with Crippen LogP contribution in [-0.4, -0.2) is 42.0 Å². The van der Waals surface area contributed by atoms with Gasteiger partial charge in [-0.2, -0.15) is 0 Å². The summed E-state index contributed by atoms with van der Waals surface area (Å²) in [5.74, 6) is 0.755. The summed E-state index contributed by atoms with van der Waals surface area (Å²) in [7, 11) is 0. The minimum Gasteiger partial charge on any atom is -0.507 e. The Morgan fingerprint density at radius 2 is 1.82 bits per heavy atom. The van der Waals surface area contributed by atoms with E-state index in [2.05, 4.69) is 15.9 Å². The van der Waals surface area contributed by atoms with E-state index in [1.54, 1.807) is 18.2 Å². The van der Waals surface area contributed by atoms with Gasteiger partial charge in [0.05, 0.1) is 11.1 Å². The Labute approximate surface area is 198 Å². The van der Waals surface area contributed by atoms with Gasteiger partial charge in [0.1, 0.15) is 11.5 Å². The molecule has 1 N–H and O–H groups in total. The Hall–Kier alpha value is -3.28. The van der Waals surface area contributed by atoms with Crippen molar-refractivity contribution >= 4 is 29.1 Å². The Morgan fingerprint density at radius 3 is 2.58 bits per heavy atom. The highest BCUT2D eigenvalue weighted by Gasteiger charge is 2.32. The van der Waals surface area contributed by atoms with Gasteiger partial charge in [-0.15, -0.1) is 0 Å². The number of carbonyl (C=O) groups excluding carboxylic acids is 1. The minimum absolute atomic E-state index is 0.149. The van der Waals surface area contributed by atoms with Crippen molar-refractivity contribution < 1.29 is 14.6 Å². The molecule has 0 bridgehead atoms. The number of phenols is 1. The second-order valence-corrected chi connectivity index (χ2v) is 8.92. The molecule has 1 saturated heterocycles. The summed E-state index contributed by atoms with van der Waals surface area (Å²) in [6.07, 6.45) is 1.78. The van der Waals surface area contributed by atoms with Crippen molar-refractivity contribution in [2.75, 3.05) is 31.1 Å². The fourth-order valence-corrected chi connectivity index (χ4v) is 4.58. The zero-order valence-corrected chi connectivity index (χ0v) is 19.2. The number of ether oxygens (including phenoxy) is 1. The van der Waals surface area contributed by atoms with Gasteiger partial charge in [-0.3, -0.25) is 9.69 Å². The SMILES string of the molecule is Cc1ccccc1/C=C1\Oc2c(ccc(O)c2CN2CCN(c3cccc(Cl)c3)CC2)C1=O. The first-order valence-corrected chi connectivity index (χ1v) is 11.4. The van der Waals surface area contributed by atoms with Gasteiger partial charge < -0.3 is 14.7 Å². The zero-order valence-electron chi connectivity index (χ0n) is 18.4. The molecule has 0 amide bonds. The predicted molar refractivity (Wildman–Crippen MR) is 131 cm³/mol. The summed E-state index contributed by atoms with van der Waals surface area (Å²) in [4.78, 5) is 17.6. The van der Waals surface area contributed by atoms with E-state index < -0.39 is 0 Å². The Bertz CT molecular complexity index is 1250. The van der Waals surface area contributed by atoms with Gasteiger partial charge in [0, 0.05) is 43.4 Å².